The Balaban J connectivity index is 1.24. The fraction of sp³-hybridized carbons (Fsp3) is 0.526. The van der Waals surface area contributed by atoms with Crippen molar-refractivity contribution >= 4 is 29.0 Å². The Morgan fingerprint density at radius 3 is 2.76 bits per heavy atom. The number of nitrogens with zero attached hydrogens (tertiary/aromatic N) is 4. The predicted molar refractivity (Wildman–Crippen MR) is 109 cm³/mol. The van der Waals surface area contributed by atoms with Crippen LogP contribution in [0.15, 0.2) is 24.4 Å². The first-order valence-electron chi connectivity index (χ1n) is 9.50. The van der Waals surface area contributed by atoms with Gasteiger partial charge in [-0.15, -0.1) is 0 Å². The smallest absolute Gasteiger partial charge is 0.415 e. The standard InChI is InChI=1S/C19H22Cl2N4O4/c1-19(12-24-9-17(25(26)27)22-18(24)29-19)11-23-6-4-14(5-7-23)28-10-13-2-3-15(20)16(21)8-13/h2-3,8-9,14H,4-7,10-12H2,1H3. The van der Waals surface area contributed by atoms with Crippen LogP contribution < -0.4 is 4.74 Å². The fourth-order valence-electron chi connectivity index (χ4n) is 3.91. The zero-order valence-electron chi connectivity index (χ0n) is 16.0. The Hall–Kier alpha value is -1.87. The maximum absolute atomic E-state index is 10.8. The second-order valence-corrected chi connectivity index (χ2v) is 8.67. The van der Waals surface area contributed by atoms with Crippen molar-refractivity contribution in [1.29, 1.82) is 0 Å². The zero-order valence-corrected chi connectivity index (χ0v) is 17.5. The molecule has 1 fully saturated rings. The second kappa shape index (κ2) is 8.10. The van der Waals surface area contributed by atoms with Crippen LogP contribution in [0.5, 0.6) is 6.01 Å². The summed E-state index contributed by atoms with van der Waals surface area (Å²) in [6.45, 7) is 5.64. The second-order valence-electron chi connectivity index (χ2n) is 7.85. The number of ether oxygens (including phenoxy) is 2. The van der Waals surface area contributed by atoms with Crippen LogP contribution in [0.1, 0.15) is 25.3 Å². The van der Waals surface area contributed by atoms with Gasteiger partial charge in [0.05, 0.1) is 29.3 Å². The molecule has 2 aliphatic heterocycles. The summed E-state index contributed by atoms with van der Waals surface area (Å²) in [6, 6.07) is 5.87. The minimum atomic E-state index is -0.505. The van der Waals surface area contributed by atoms with Crippen LogP contribution in [0.25, 0.3) is 0 Å². The Bertz CT molecular complexity index is 888. The molecule has 0 amide bonds. The van der Waals surface area contributed by atoms with E-state index in [-0.39, 0.29) is 11.9 Å². The zero-order chi connectivity index (χ0) is 20.6. The number of fused-ring (bicyclic) bond motifs is 1. The molecule has 29 heavy (non-hydrogen) atoms. The van der Waals surface area contributed by atoms with Gasteiger partial charge in [-0.05, 0) is 42.4 Å². The van der Waals surface area contributed by atoms with Gasteiger partial charge in [0.1, 0.15) is 11.8 Å². The molecule has 1 saturated heterocycles. The Kier molecular flexibility index (Phi) is 5.70. The lowest BCUT2D eigenvalue weighted by Gasteiger charge is -2.36. The highest BCUT2D eigenvalue weighted by molar-refractivity contribution is 6.42. The van der Waals surface area contributed by atoms with E-state index in [1.54, 1.807) is 10.6 Å². The first kappa shape index (κ1) is 20.4. The molecule has 1 aromatic heterocycles. The normalized spacial score (nSPS) is 22.4. The summed E-state index contributed by atoms with van der Waals surface area (Å²) in [6.07, 6.45) is 3.51. The third kappa shape index (κ3) is 4.66. The molecule has 1 atom stereocenters. The molecule has 1 unspecified atom stereocenters. The van der Waals surface area contributed by atoms with Gasteiger partial charge in [0.25, 0.3) is 0 Å². The highest BCUT2D eigenvalue weighted by Crippen LogP contribution is 2.32. The predicted octanol–water partition coefficient (Wildman–Crippen LogP) is 3.93. The van der Waals surface area contributed by atoms with Crippen LogP contribution in [0, 0.1) is 10.1 Å². The topological polar surface area (TPSA) is 82.7 Å². The molecule has 0 spiro atoms. The first-order valence-corrected chi connectivity index (χ1v) is 10.3. The molecule has 3 heterocycles. The number of rotatable bonds is 6. The summed E-state index contributed by atoms with van der Waals surface area (Å²) in [7, 11) is 0. The van der Waals surface area contributed by atoms with E-state index < -0.39 is 10.5 Å². The highest BCUT2D eigenvalue weighted by atomic mass is 35.5. The average molecular weight is 441 g/mol. The van der Waals surface area contributed by atoms with Crippen LogP contribution in [-0.4, -0.2) is 50.7 Å². The number of aromatic nitrogens is 2. The fourth-order valence-corrected chi connectivity index (χ4v) is 4.23. The van der Waals surface area contributed by atoms with Crippen molar-refractivity contribution in [2.24, 2.45) is 0 Å². The molecule has 0 N–H and O–H groups in total. The molecule has 8 nitrogen and oxygen atoms in total. The van der Waals surface area contributed by atoms with E-state index in [1.807, 2.05) is 19.1 Å². The SMILES string of the molecule is CC1(CN2CCC(OCc3ccc(Cl)c(Cl)c3)CC2)Cn2cc([N+](=O)[O-])nc2O1. The van der Waals surface area contributed by atoms with Crippen molar-refractivity contribution in [3.05, 3.63) is 50.1 Å². The van der Waals surface area contributed by atoms with Crippen LogP contribution in [0.4, 0.5) is 5.82 Å². The van der Waals surface area contributed by atoms with Crippen LogP contribution in [0.2, 0.25) is 10.0 Å². The van der Waals surface area contributed by atoms with Crippen molar-refractivity contribution in [3.8, 4) is 6.01 Å². The van der Waals surface area contributed by atoms with Gasteiger partial charge in [-0.25, -0.2) is 0 Å². The van der Waals surface area contributed by atoms with Crippen LogP contribution in [-0.2, 0) is 17.9 Å². The van der Waals surface area contributed by atoms with Gasteiger partial charge < -0.3 is 19.6 Å². The van der Waals surface area contributed by atoms with Crippen LogP contribution >= 0.6 is 23.2 Å². The molecule has 2 aliphatic rings. The minimum absolute atomic E-state index is 0.179. The molecule has 0 saturated carbocycles. The van der Waals surface area contributed by atoms with Gasteiger partial charge in [0.15, 0.2) is 0 Å². The molecule has 2 aromatic rings. The summed E-state index contributed by atoms with van der Waals surface area (Å²) in [5.74, 6) is -0.179. The van der Waals surface area contributed by atoms with Crippen molar-refractivity contribution in [3.63, 3.8) is 0 Å². The van der Waals surface area contributed by atoms with E-state index in [0.717, 1.165) is 38.0 Å². The Morgan fingerprint density at radius 2 is 2.10 bits per heavy atom. The number of nitro groups is 1. The summed E-state index contributed by atoms with van der Waals surface area (Å²) >= 11 is 12.0. The van der Waals surface area contributed by atoms with E-state index >= 15 is 0 Å². The Labute approximate surface area is 178 Å². The summed E-state index contributed by atoms with van der Waals surface area (Å²) in [5, 5.41) is 11.9. The molecule has 10 heteroatoms. The molecular weight excluding hydrogens is 419 g/mol. The molecule has 1 aromatic carbocycles. The van der Waals surface area contributed by atoms with E-state index in [9.17, 15) is 10.1 Å². The van der Waals surface area contributed by atoms with E-state index in [2.05, 4.69) is 9.88 Å². The summed E-state index contributed by atoms with van der Waals surface area (Å²) in [4.78, 5) is 16.6. The lowest BCUT2D eigenvalue weighted by atomic mass is 10.0. The summed E-state index contributed by atoms with van der Waals surface area (Å²) in [5.41, 5.74) is 0.572. The number of imidazole rings is 1. The summed E-state index contributed by atoms with van der Waals surface area (Å²) < 4.78 is 13.7. The molecular formula is C19H22Cl2N4O4. The number of likely N-dealkylation sites (tertiary alicyclic amines) is 1. The third-order valence-corrected chi connectivity index (χ3v) is 6.06. The van der Waals surface area contributed by atoms with Gasteiger partial charge in [0.2, 0.25) is 0 Å². The maximum Gasteiger partial charge on any atom is 0.415 e. The molecule has 0 radical (unpaired) electrons. The van der Waals surface area contributed by atoms with E-state index in [1.165, 1.54) is 6.20 Å². The molecule has 0 bridgehead atoms. The lowest BCUT2D eigenvalue weighted by molar-refractivity contribution is -0.389. The quantitative estimate of drug-likeness (QED) is 0.499. The minimum Gasteiger partial charge on any atom is -0.436 e. The van der Waals surface area contributed by atoms with Crippen molar-refractivity contribution in [2.45, 2.75) is 44.6 Å². The number of hydrogen-bond donors (Lipinski definition) is 0. The van der Waals surface area contributed by atoms with E-state index in [4.69, 9.17) is 32.7 Å². The molecule has 0 aliphatic carbocycles. The van der Waals surface area contributed by atoms with Crippen molar-refractivity contribution in [1.82, 2.24) is 14.5 Å². The highest BCUT2D eigenvalue weighted by Gasteiger charge is 2.41. The van der Waals surface area contributed by atoms with Gasteiger partial charge in [-0.2, -0.15) is 0 Å². The van der Waals surface area contributed by atoms with Gasteiger partial charge in [-0.3, -0.25) is 9.47 Å². The monoisotopic (exact) mass is 440 g/mol. The molecule has 4 rings (SSSR count). The van der Waals surface area contributed by atoms with Crippen LogP contribution in [0.3, 0.4) is 0 Å². The van der Waals surface area contributed by atoms with Gasteiger partial charge >= 0.3 is 11.8 Å². The number of piperidine rings is 1. The average Bonchev–Trinajstić information content (AvgIpc) is 3.19. The van der Waals surface area contributed by atoms with Gasteiger partial charge in [-0.1, -0.05) is 29.3 Å². The maximum atomic E-state index is 10.8. The number of hydrogen-bond acceptors (Lipinski definition) is 6. The van der Waals surface area contributed by atoms with Crippen molar-refractivity contribution in [2.75, 3.05) is 19.6 Å². The van der Waals surface area contributed by atoms with Crippen molar-refractivity contribution < 1.29 is 14.4 Å². The largest absolute Gasteiger partial charge is 0.436 e. The Morgan fingerprint density at radius 1 is 1.34 bits per heavy atom. The lowest BCUT2D eigenvalue weighted by Crippen LogP contribution is -2.48. The molecule has 156 valence electrons. The third-order valence-electron chi connectivity index (χ3n) is 5.32. The number of halogens is 2. The first-order chi connectivity index (χ1) is 13.8. The van der Waals surface area contributed by atoms with Gasteiger partial charge in [0, 0.05) is 24.6 Å². The number of benzene rings is 1. The van der Waals surface area contributed by atoms with E-state index in [0.29, 0.717) is 29.2 Å².